The number of hydrogen-bond acceptors (Lipinski definition) is 2. The summed E-state index contributed by atoms with van der Waals surface area (Å²) in [6.45, 7) is 7.87. The summed E-state index contributed by atoms with van der Waals surface area (Å²) in [5.74, 6) is 0. The molecule has 0 fully saturated rings. The van der Waals surface area contributed by atoms with Crippen molar-refractivity contribution < 1.29 is 4.92 Å². The first-order chi connectivity index (χ1) is 8.45. The van der Waals surface area contributed by atoms with E-state index in [-0.39, 0.29) is 10.6 Å². The maximum atomic E-state index is 11.3. The van der Waals surface area contributed by atoms with Gasteiger partial charge in [0.05, 0.1) is 9.95 Å². The van der Waals surface area contributed by atoms with E-state index in [0.29, 0.717) is 17.0 Å². The Kier molecular flexibility index (Phi) is 5.15. The Labute approximate surface area is 113 Å². The zero-order valence-corrected chi connectivity index (χ0v) is 12.2. The van der Waals surface area contributed by atoms with Gasteiger partial charge < -0.3 is 0 Å². The van der Waals surface area contributed by atoms with E-state index in [9.17, 15) is 10.1 Å². The van der Waals surface area contributed by atoms with E-state index in [1.165, 1.54) is 0 Å². The van der Waals surface area contributed by atoms with Gasteiger partial charge in [0.15, 0.2) is 0 Å². The Hall–Kier alpha value is -1.09. The van der Waals surface area contributed by atoms with Crippen LogP contribution in [-0.4, -0.2) is 4.92 Å². The van der Waals surface area contributed by atoms with E-state index in [0.717, 1.165) is 36.0 Å². The number of benzene rings is 1. The molecule has 1 rings (SSSR count). The Balaban J connectivity index is 3.59. The van der Waals surface area contributed by atoms with E-state index in [1.54, 1.807) is 0 Å². The average molecular weight is 270 g/mol. The number of nitrogens with zero attached hydrogens (tertiary/aromatic N) is 1. The van der Waals surface area contributed by atoms with Gasteiger partial charge in [0.25, 0.3) is 5.69 Å². The molecule has 0 radical (unpaired) electrons. The first-order valence-corrected chi connectivity index (χ1v) is 6.78. The van der Waals surface area contributed by atoms with Crippen LogP contribution < -0.4 is 0 Å². The lowest BCUT2D eigenvalue weighted by atomic mass is 9.92. The molecule has 0 aliphatic rings. The molecule has 4 heteroatoms. The predicted octanol–water partition coefficient (Wildman–Crippen LogP) is 4.77. The van der Waals surface area contributed by atoms with Crippen LogP contribution in [0.3, 0.4) is 0 Å². The SMILES string of the molecule is CCCc1c(C)c(Cl)c(CCC)c([N+](=O)[O-])c1C. The van der Waals surface area contributed by atoms with Gasteiger partial charge in [-0.25, -0.2) is 0 Å². The standard InChI is InChI=1S/C14H20ClNO2/c1-5-7-11-9(3)13(15)12(8-6-2)14(10(11)4)16(17)18/h5-8H2,1-4H3. The van der Waals surface area contributed by atoms with Crippen molar-refractivity contribution >= 4 is 17.3 Å². The van der Waals surface area contributed by atoms with E-state index in [4.69, 9.17) is 11.6 Å². The van der Waals surface area contributed by atoms with Crippen molar-refractivity contribution in [2.45, 2.75) is 53.4 Å². The van der Waals surface area contributed by atoms with Crippen LogP contribution in [0.25, 0.3) is 0 Å². The Morgan fingerprint density at radius 1 is 1.06 bits per heavy atom. The van der Waals surface area contributed by atoms with Crippen LogP contribution >= 0.6 is 11.6 Å². The van der Waals surface area contributed by atoms with Crippen molar-refractivity contribution in [3.63, 3.8) is 0 Å². The molecule has 0 N–H and O–H groups in total. The van der Waals surface area contributed by atoms with Gasteiger partial charge in [0.1, 0.15) is 0 Å². The molecule has 0 unspecified atom stereocenters. The van der Waals surface area contributed by atoms with Gasteiger partial charge in [0.2, 0.25) is 0 Å². The van der Waals surface area contributed by atoms with Gasteiger partial charge >= 0.3 is 0 Å². The molecule has 0 amide bonds. The maximum Gasteiger partial charge on any atom is 0.277 e. The van der Waals surface area contributed by atoms with Gasteiger partial charge in [-0.05, 0) is 37.8 Å². The molecule has 0 heterocycles. The van der Waals surface area contributed by atoms with Crippen molar-refractivity contribution in [1.29, 1.82) is 0 Å². The molecule has 0 saturated carbocycles. The quantitative estimate of drug-likeness (QED) is 0.571. The fraction of sp³-hybridized carbons (Fsp3) is 0.571. The average Bonchev–Trinajstić information content (AvgIpc) is 2.31. The molecule has 0 saturated heterocycles. The molecular formula is C14H20ClNO2. The number of hydrogen-bond donors (Lipinski definition) is 0. The second-order valence-corrected chi connectivity index (χ2v) is 5.00. The highest BCUT2D eigenvalue weighted by Gasteiger charge is 2.25. The summed E-state index contributed by atoms with van der Waals surface area (Å²) in [6.07, 6.45) is 3.31. The molecule has 0 atom stereocenters. The fourth-order valence-electron chi connectivity index (χ4n) is 2.46. The van der Waals surface area contributed by atoms with Crippen LogP contribution in [0.15, 0.2) is 0 Å². The summed E-state index contributed by atoms with van der Waals surface area (Å²) in [5.41, 5.74) is 3.74. The van der Waals surface area contributed by atoms with Gasteiger partial charge in [-0.15, -0.1) is 0 Å². The predicted molar refractivity (Wildman–Crippen MR) is 75.6 cm³/mol. The highest BCUT2D eigenvalue weighted by Crippen LogP contribution is 2.37. The summed E-state index contributed by atoms with van der Waals surface area (Å²) >= 11 is 6.33. The maximum absolute atomic E-state index is 11.3. The smallest absolute Gasteiger partial charge is 0.258 e. The molecule has 0 spiro atoms. The Morgan fingerprint density at radius 3 is 2.00 bits per heavy atom. The molecular weight excluding hydrogens is 250 g/mol. The molecule has 1 aromatic rings. The summed E-state index contributed by atoms with van der Waals surface area (Å²) in [4.78, 5) is 11.0. The van der Waals surface area contributed by atoms with Gasteiger partial charge in [-0.2, -0.15) is 0 Å². The number of nitro benzene ring substituents is 1. The van der Waals surface area contributed by atoms with Gasteiger partial charge in [-0.1, -0.05) is 38.3 Å². The lowest BCUT2D eigenvalue weighted by Crippen LogP contribution is -2.05. The molecule has 1 aromatic carbocycles. The van der Waals surface area contributed by atoms with Gasteiger partial charge in [0, 0.05) is 11.1 Å². The third-order valence-corrected chi connectivity index (χ3v) is 3.83. The largest absolute Gasteiger partial charge is 0.277 e. The van der Waals surface area contributed by atoms with Crippen LogP contribution in [0.2, 0.25) is 5.02 Å². The second kappa shape index (κ2) is 6.19. The normalized spacial score (nSPS) is 10.7. The minimum atomic E-state index is -0.287. The summed E-state index contributed by atoms with van der Waals surface area (Å²) in [5, 5.41) is 11.9. The van der Waals surface area contributed by atoms with Crippen LogP contribution in [0.5, 0.6) is 0 Å². The van der Waals surface area contributed by atoms with E-state index >= 15 is 0 Å². The summed E-state index contributed by atoms with van der Waals surface area (Å²) in [6, 6.07) is 0. The molecule has 100 valence electrons. The number of nitro groups is 1. The lowest BCUT2D eigenvalue weighted by molar-refractivity contribution is -0.386. The minimum absolute atomic E-state index is 0.218. The molecule has 0 aliphatic carbocycles. The van der Waals surface area contributed by atoms with Crippen molar-refractivity contribution in [2.24, 2.45) is 0 Å². The highest BCUT2D eigenvalue weighted by molar-refractivity contribution is 6.32. The molecule has 3 nitrogen and oxygen atoms in total. The summed E-state index contributed by atoms with van der Waals surface area (Å²) in [7, 11) is 0. The molecule has 0 aliphatic heterocycles. The Morgan fingerprint density at radius 2 is 1.56 bits per heavy atom. The van der Waals surface area contributed by atoms with Crippen LogP contribution in [0.4, 0.5) is 5.69 Å². The lowest BCUT2D eigenvalue weighted by Gasteiger charge is -2.15. The second-order valence-electron chi connectivity index (χ2n) is 4.63. The zero-order valence-electron chi connectivity index (χ0n) is 11.5. The van der Waals surface area contributed by atoms with Crippen molar-refractivity contribution in [2.75, 3.05) is 0 Å². The minimum Gasteiger partial charge on any atom is -0.258 e. The van der Waals surface area contributed by atoms with E-state index in [1.807, 2.05) is 20.8 Å². The molecule has 18 heavy (non-hydrogen) atoms. The number of halogens is 1. The molecule has 0 aromatic heterocycles. The van der Waals surface area contributed by atoms with Crippen molar-refractivity contribution in [3.05, 3.63) is 37.4 Å². The zero-order chi connectivity index (χ0) is 13.9. The van der Waals surface area contributed by atoms with E-state index in [2.05, 4.69) is 6.92 Å². The van der Waals surface area contributed by atoms with Crippen molar-refractivity contribution in [3.8, 4) is 0 Å². The van der Waals surface area contributed by atoms with Crippen LogP contribution in [0.1, 0.15) is 48.9 Å². The van der Waals surface area contributed by atoms with Crippen LogP contribution in [0, 0.1) is 24.0 Å². The van der Waals surface area contributed by atoms with Crippen molar-refractivity contribution in [1.82, 2.24) is 0 Å². The molecule has 0 bridgehead atoms. The first kappa shape index (κ1) is 15.0. The topological polar surface area (TPSA) is 43.1 Å². The highest BCUT2D eigenvalue weighted by atomic mass is 35.5. The van der Waals surface area contributed by atoms with E-state index < -0.39 is 0 Å². The monoisotopic (exact) mass is 269 g/mol. The fourth-order valence-corrected chi connectivity index (χ4v) is 2.76. The van der Waals surface area contributed by atoms with Gasteiger partial charge in [-0.3, -0.25) is 10.1 Å². The summed E-state index contributed by atoms with van der Waals surface area (Å²) < 4.78 is 0. The third-order valence-electron chi connectivity index (χ3n) is 3.32. The third kappa shape index (κ3) is 2.66. The number of rotatable bonds is 5. The Bertz CT molecular complexity index is 470. The van der Waals surface area contributed by atoms with Crippen LogP contribution in [-0.2, 0) is 12.8 Å². The first-order valence-electron chi connectivity index (χ1n) is 6.40.